The first-order chi connectivity index (χ1) is 13.0. The number of anilines is 1. The van der Waals surface area contributed by atoms with Crippen molar-refractivity contribution in [1.82, 2.24) is 9.88 Å². The van der Waals surface area contributed by atoms with Crippen LogP contribution in [0.5, 0.6) is 0 Å². The van der Waals surface area contributed by atoms with Gasteiger partial charge in [0.15, 0.2) is 0 Å². The predicted octanol–water partition coefficient (Wildman–Crippen LogP) is 3.42. The number of nitrogens with one attached hydrogen (secondary N) is 1. The average Bonchev–Trinajstić information content (AvgIpc) is 3.13. The molecule has 0 atom stereocenters. The Morgan fingerprint density at radius 3 is 2.44 bits per heavy atom. The van der Waals surface area contributed by atoms with Crippen LogP contribution in [-0.4, -0.2) is 41.1 Å². The maximum Gasteiger partial charge on any atom is 0.263 e. The van der Waals surface area contributed by atoms with Crippen molar-refractivity contribution in [2.75, 3.05) is 31.2 Å². The largest absolute Gasteiger partial charge is 0.378 e. The van der Waals surface area contributed by atoms with E-state index in [-0.39, 0.29) is 5.91 Å². The zero-order chi connectivity index (χ0) is 19.0. The van der Waals surface area contributed by atoms with E-state index in [1.165, 1.54) is 17.4 Å². The lowest BCUT2D eigenvalue weighted by Crippen LogP contribution is -2.36. The van der Waals surface area contributed by atoms with Crippen LogP contribution in [0.15, 0.2) is 35.2 Å². The van der Waals surface area contributed by atoms with Crippen molar-refractivity contribution in [3.05, 3.63) is 52.2 Å². The molecule has 0 unspecified atom stereocenters. The Labute approximate surface area is 168 Å². The van der Waals surface area contributed by atoms with E-state index < -0.39 is 0 Å². The van der Waals surface area contributed by atoms with Crippen molar-refractivity contribution in [2.24, 2.45) is 0 Å². The normalized spacial score (nSPS) is 19.0. The van der Waals surface area contributed by atoms with Gasteiger partial charge in [-0.25, -0.2) is 0 Å². The second kappa shape index (κ2) is 7.50. The van der Waals surface area contributed by atoms with Crippen LogP contribution in [0.25, 0.3) is 11.8 Å². The first kappa shape index (κ1) is 18.3. The Bertz CT molecular complexity index is 925. The average molecular weight is 400 g/mol. The number of thiocarbonyl (C=S) groups is 1. The van der Waals surface area contributed by atoms with E-state index in [1.54, 1.807) is 0 Å². The molecule has 1 aromatic heterocycles. The number of thioether (sulfide) groups is 1. The number of carbonyl (C=O) groups excluding carboxylic acids is 1. The quantitative estimate of drug-likeness (QED) is 0.633. The van der Waals surface area contributed by atoms with E-state index in [9.17, 15) is 4.79 Å². The number of benzene rings is 1. The minimum Gasteiger partial charge on any atom is -0.378 e. The molecular weight excluding hydrogens is 378 g/mol. The summed E-state index contributed by atoms with van der Waals surface area (Å²) in [5.41, 5.74) is 5.60. The fourth-order valence-corrected chi connectivity index (χ4v) is 4.56. The van der Waals surface area contributed by atoms with Crippen molar-refractivity contribution in [3.8, 4) is 5.69 Å². The molecule has 2 fully saturated rings. The highest BCUT2D eigenvalue weighted by molar-refractivity contribution is 8.26. The molecule has 0 radical (unpaired) electrons. The molecule has 2 saturated heterocycles. The van der Waals surface area contributed by atoms with Gasteiger partial charge in [0.1, 0.15) is 4.32 Å². The molecule has 2 aliphatic heterocycles. The van der Waals surface area contributed by atoms with Gasteiger partial charge in [0.25, 0.3) is 5.91 Å². The summed E-state index contributed by atoms with van der Waals surface area (Å²) in [4.78, 5) is 14.9. The summed E-state index contributed by atoms with van der Waals surface area (Å²) in [7, 11) is 0. The number of morpholine rings is 1. The fraction of sp³-hybridized carbons (Fsp3) is 0.300. The van der Waals surface area contributed by atoms with Crippen molar-refractivity contribution >= 4 is 46.0 Å². The van der Waals surface area contributed by atoms with Gasteiger partial charge in [-0.05, 0) is 55.8 Å². The molecule has 0 aliphatic carbocycles. The second-order valence-corrected chi connectivity index (χ2v) is 8.35. The number of amides is 1. The first-order valence-corrected chi connectivity index (χ1v) is 10.1. The monoisotopic (exact) mass is 399 g/mol. The summed E-state index contributed by atoms with van der Waals surface area (Å²) in [6, 6.07) is 10.7. The highest BCUT2D eigenvalue weighted by Gasteiger charge is 2.23. The van der Waals surface area contributed by atoms with Crippen LogP contribution in [0.3, 0.4) is 0 Å². The third-order valence-corrected chi connectivity index (χ3v) is 6.05. The van der Waals surface area contributed by atoms with Gasteiger partial charge in [-0.1, -0.05) is 24.0 Å². The van der Waals surface area contributed by atoms with Crippen molar-refractivity contribution in [1.29, 1.82) is 0 Å². The smallest absolute Gasteiger partial charge is 0.263 e. The minimum absolute atomic E-state index is 0.121. The van der Waals surface area contributed by atoms with Crippen LogP contribution in [0, 0.1) is 13.8 Å². The second-order valence-electron chi connectivity index (χ2n) is 6.63. The zero-order valence-electron chi connectivity index (χ0n) is 15.3. The van der Waals surface area contributed by atoms with Crippen molar-refractivity contribution < 1.29 is 9.53 Å². The molecule has 2 aliphatic rings. The Morgan fingerprint density at radius 2 is 1.81 bits per heavy atom. The van der Waals surface area contributed by atoms with Crippen LogP contribution in [-0.2, 0) is 9.53 Å². The standard InChI is InChI=1S/C20H21N3O2S2/c1-13-11-15(12-18-19(24)21-20(26)27-18)14(2)23(13)17-5-3-16(4-6-17)22-7-9-25-10-8-22/h3-6,11-12H,7-10H2,1-2H3,(H,21,24,26). The molecule has 1 aromatic carbocycles. The number of rotatable bonds is 3. The Hall–Kier alpha value is -2.09. The number of aromatic nitrogens is 1. The van der Waals surface area contributed by atoms with Gasteiger partial charge in [-0.2, -0.15) is 0 Å². The van der Waals surface area contributed by atoms with Gasteiger partial charge in [-0.15, -0.1) is 0 Å². The molecule has 5 nitrogen and oxygen atoms in total. The third kappa shape index (κ3) is 3.67. The highest BCUT2D eigenvalue weighted by Crippen LogP contribution is 2.29. The summed E-state index contributed by atoms with van der Waals surface area (Å²) in [6.07, 6.45) is 1.92. The molecule has 3 heterocycles. The van der Waals surface area contributed by atoms with Crippen LogP contribution in [0.4, 0.5) is 5.69 Å². The van der Waals surface area contributed by atoms with Gasteiger partial charge in [0.05, 0.1) is 18.1 Å². The Balaban J connectivity index is 1.62. The topological polar surface area (TPSA) is 46.5 Å². The summed E-state index contributed by atoms with van der Waals surface area (Å²) in [5, 5.41) is 2.66. The molecule has 0 saturated carbocycles. The molecule has 4 rings (SSSR count). The molecular formula is C20H21N3O2S2. The van der Waals surface area contributed by atoms with E-state index in [2.05, 4.69) is 59.0 Å². The predicted molar refractivity (Wildman–Crippen MR) is 115 cm³/mol. The van der Waals surface area contributed by atoms with Crippen molar-refractivity contribution in [3.63, 3.8) is 0 Å². The highest BCUT2D eigenvalue weighted by atomic mass is 32.2. The lowest BCUT2D eigenvalue weighted by molar-refractivity contribution is -0.115. The number of hydrogen-bond donors (Lipinski definition) is 1. The molecule has 0 spiro atoms. The summed E-state index contributed by atoms with van der Waals surface area (Å²) in [5.74, 6) is -0.121. The minimum atomic E-state index is -0.121. The number of ether oxygens (including phenoxy) is 1. The molecule has 1 N–H and O–H groups in total. The van der Waals surface area contributed by atoms with Crippen LogP contribution in [0.2, 0.25) is 0 Å². The summed E-state index contributed by atoms with van der Waals surface area (Å²) in [6.45, 7) is 7.58. The Kier molecular flexibility index (Phi) is 5.08. The summed E-state index contributed by atoms with van der Waals surface area (Å²) < 4.78 is 8.15. The van der Waals surface area contributed by atoms with E-state index in [0.29, 0.717) is 9.23 Å². The number of hydrogen-bond acceptors (Lipinski definition) is 5. The molecule has 2 aromatic rings. The number of nitrogens with zero attached hydrogens (tertiary/aromatic N) is 2. The summed E-state index contributed by atoms with van der Waals surface area (Å²) >= 11 is 6.38. The number of carbonyl (C=O) groups is 1. The fourth-order valence-electron chi connectivity index (χ4n) is 3.53. The molecule has 27 heavy (non-hydrogen) atoms. The zero-order valence-corrected chi connectivity index (χ0v) is 17.0. The van der Waals surface area contributed by atoms with E-state index in [4.69, 9.17) is 17.0 Å². The Morgan fingerprint density at radius 1 is 1.15 bits per heavy atom. The van der Waals surface area contributed by atoms with Crippen LogP contribution in [0.1, 0.15) is 17.0 Å². The van der Waals surface area contributed by atoms with Crippen LogP contribution < -0.4 is 10.2 Å². The van der Waals surface area contributed by atoms with Gasteiger partial charge < -0.3 is 19.5 Å². The van der Waals surface area contributed by atoms with Gasteiger partial charge >= 0.3 is 0 Å². The van der Waals surface area contributed by atoms with Gasteiger partial charge in [-0.3, -0.25) is 4.79 Å². The lowest BCUT2D eigenvalue weighted by Gasteiger charge is -2.29. The van der Waals surface area contributed by atoms with Crippen molar-refractivity contribution in [2.45, 2.75) is 13.8 Å². The maximum atomic E-state index is 11.9. The molecule has 1 amide bonds. The number of aryl methyl sites for hydroxylation is 1. The van der Waals surface area contributed by atoms with E-state index in [1.807, 2.05) is 6.08 Å². The molecule has 7 heteroatoms. The first-order valence-electron chi connectivity index (χ1n) is 8.90. The SMILES string of the molecule is Cc1cc(C=C2SC(=S)NC2=O)c(C)n1-c1ccc(N2CCOCC2)cc1. The van der Waals surface area contributed by atoms with Gasteiger partial charge in [0, 0.05) is 35.9 Å². The molecule has 140 valence electrons. The maximum absolute atomic E-state index is 11.9. The van der Waals surface area contributed by atoms with E-state index in [0.717, 1.165) is 48.9 Å². The van der Waals surface area contributed by atoms with Gasteiger partial charge in [0.2, 0.25) is 0 Å². The van der Waals surface area contributed by atoms with Crippen LogP contribution >= 0.6 is 24.0 Å². The lowest BCUT2D eigenvalue weighted by atomic mass is 10.2. The third-order valence-electron chi connectivity index (χ3n) is 4.88. The molecule has 0 bridgehead atoms. The van der Waals surface area contributed by atoms with E-state index >= 15 is 0 Å².